The van der Waals surface area contributed by atoms with Gasteiger partial charge in [-0.05, 0) is 31.7 Å². The molecule has 1 amide bonds. The number of hydrogen-bond acceptors (Lipinski definition) is 5. The Bertz CT molecular complexity index is 648. The number of anilines is 1. The molecule has 1 atom stereocenters. The second kappa shape index (κ2) is 8.66. The van der Waals surface area contributed by atoms with Gasteiger partial charge in [-0.2, -0.15) is 11.8 Å². The molecule has 1 unspecified atom stereocenters. The lowest BCUT2D eigenvalue weighted by molar-refractivity contribution is -0.121. The highest BCUT2D eigenvalue weighted by molar-refractivity contribution is 7.98. The molecule has 7 heteroatoms. The van der Waals surface area contributed by atoms with Crippen LogP contribution in [0.4, 0.5) is 5.00 Å². The summed E-state index contributed by atoms with van der Waals surface area (Å²) >= 11 is 9.44. The van der Waals surface area contributed by atoms with Crippen LogP contribution in [0.5, 0.6) is 0 Å². The average molecular weight is 370 g/mol. The number of carbonyl (C=O) groups excluding carboxylic acids is 1. The van der Waals surface area contributed by atoms with E-state index in [0.29, 0.717) is 11.7 Å². The fourth-order valence-corrected chi connectivity index (χ4v) is 4.41. The smallest absolute Gasteiger partial charge is 0.231 e. The first-order valence-electron chi connectivity index (χ1n) is 7.49. The van der Waals surface area contributed by atoms with Crippen LogP contribution in [0.2, 0.25) is 5.15 Å². The van der Waals surface area contributed by atoms with E-state index in [4.69, 9.17) is 11.6 Å². The van der Waals surface area contributed by atoms with Gasteiger partial charge in [-0.15, -0.1) is 0 Å². The third-order valence-electron chi connectivity index (χ3n) is 3.52. The van der Waals surface area contributed by atoms with E-state index in [1.165, 1.54) is 11.3 Å². The summed E-state index contributed by atoms with van der Waals surface area (Å²) in [5, 5.41) is 1.88. The van der Waals surface area contributed by atoms with Gasteiger partial charge in [-0.3, -0.25) is 9.78 Å². The van der Waals surface area contributed by atoms with Gasteiger partial charge in [0.25, 0.3) is 0 Å². The number of nitrogens with zero attached hydrogens (tertiary/aromatic N) is 3. The van der Waals surface area contributed by atoms with Gasteiger partial charge in [-0.1, -0.05) is 29.9 Å². The molecule has 0 saturated carbocycles. The number of amides is 1. The highest BCUT2D eigenvalue weighted by Crippen LogP contribution is 2.38. The summed E-state index contributed by atoms with van der Waals surface area (Å²) in [6.07, 6.45) is 6.31. The number of aromatic nitrogens is 2. The van der Waals surface area contributed by atoms with Crippen molar-refractivity contribution in [2.45, 2.75) is 20.3 Å². The van der Waals surface area contributed by atoms with Crippen molar-refractivity contribution >= 4 is 45.6 Å². The van der Waals surface area contributed by atoms with Gasteiger partial charge >= 0.3 is 0 Å². The van der Waals surface area contributed by atoms with Crippen LogP contribution in [-0.2, 0) is 4.79 Å². The van der Waals surface area contributed by atoms with Crippen molar-refractivity contribution in [1.29, 1.82) is 0 Å². The Kier molecular flexibility index (Phi) is 6.87. The lowest BCUT2D eigenvalue weighted by Crippen LogP contribution is -2.36. The standard InChI is InChI=1S/C16H20ClN3OS2/c1-4-11(10-22-3)15(21)20(5-2)16-13(17)19-14(23-16)12-7-6-8-18-9-12/h6-9,11H,4-5,10H2,1-3H3. The minimum Gasteiger partial charge on any atom is -0.301 e. The topological polar surface area (TPSA) is 46.1 Å². The molecule has 0 aliphatic carbocycles. The third-order valence-corrected chi connectivity index (χ3v) is 5.75. The van der Waals surface area contributed by atoms with Crippen molar-refractivity contribution in [1.82, 2.24) is 9.97 Å². The zero-order valence-electron chi connectivity index (χ0n) is 13.5. The maximum absolute atomic E-state index is 12.8. The minimum atomic E-state index is 0.00459. The van der Waals surface area contributed by atoms with Crippen LogP contribution >= 0.6 is 34.7 Å². The first kappa shape index (κ1) is 18.2. The highest BCUT2D eigenvalue weighted by Gasteiger charge is 2.26. The molecule has 2 heterocycles. The number of thiazole rings is 1. The van der Waals surface area contributed by atoms with E-state index in [1.807, 2.05) is 32.2 Å². The van der Waals surface area contributed by atoms with Crippen LogP contribution in [0.25, 0.3) is 10.6 Å². The Morgan fingerprint density at radius 1 is 1.48 bits per heavy atom. The molecule has 23 heavy (non-hydrogen) atoms. The summed E-state index contributed by atoms with van der Waals surface area (Å²) in [5.74, 6) is 0.940. The summed E-state index contributed by atoms with van der Waals surface area (Å²) in [6, 6.07) is 3.80. The Labute approximate surface area is 150 Å². The molecular weight excluding hydrogens is 350 g/mol. The molecule has 0 fully saturated rings. The summed E-state index contributed by atoms with van der Waals surface area (Å²) < 4.78 is 0. The predicted molar refractivity (Wildman–Crippen MR) is 101 cm³/mol. The molecule has 0 saturated heterocycles. The van der Waals surface area contributed by atoms with E-state index in [1.54, 1.807) is 29.1 Å². The monoisotopic (exact) mass is 369 g/mol. The van der Waals surface area contributed by atoms with Crippen LogP contribution < -0.4 is 4.90 Å². The lowest BCUT2D eigenvalue weighted by Gasteiger charge is -2.24. The summed E-state index contributed by atoms with van der Waals surface area (Å²) in [6.45, 7) is 4.59. The maximum atomic E-state index is 12.8. The van der Waals surface area contributed by atoms with E-state index in [0.717, 1.165) is 27.7 Å². The fourth-order valence-electron chi connectivity index (χ4n) is 2.26. The van der Waals surface area contributed by atoms with Gasteiger partial charge in [0.15, 0.2) is 5.15 Å². The van der Waals surface area contributed by atoms with E-state index < -0.39 is 0 Å². The first-order chi connectivity index (χ1) is 11.1. The molecule has 0 bridgehead atoms. The molecule has 0 spiro atoms. The van der Waals surface area contributed by atoms with Crippen LogP contribution in [0.15, 0.2) is 24.5 Å². The van der Waals surface area contributed by atoms with Gasteiger partial charge in [-0.25, -0.2) is 4.98 Å². The van der Waals surface area contributed by atoms with Crippen molar-refractivity contribution < 1.29 is 4.79 Å². The van der Waals surface area contributed by atoms with Crippen molar-refractivity contribution in [2.24, 2.45) is 5.92 Å². The SMILES string of the molecule is CCC(CSC)C(=O)N(CC)c1sc(-c2cccnc2)nc1Cl. The lowest BCUT2D eigenvalue weighted by atomic mass is 10.1. The van der Waals surface area contributed by atoms with Crippen LogP contribution in [-0.4, -0.2) is 34.4 Å². The number of pyridine rings is 1. The van der Waals surface area contributed by atoms with Gasteiger partial charge < -0.3 is 4.90 Å². The molecule has 2 aromatic heterocycles. The fraction of sp³-hybridized carbons (Fsp3) is 0.438. The molecule has 2 aromatic rings. The Balaban J connectivity index is 2.31. The summed E-state index contributed by atoms with van der Waals surface area (Å²) in [5.41, 5.74) is 0.908. The van der Waals surface area contributed by atoms with Gasteiger partial charge in [0, 0.05) is 36.2 Å². The van der Waals surface area contributed by atoms with Crippen molar-refractivity contribution in [3.05, 3.63) is 29.7 Å². The van der Waals surface area contributed by atoms with Gasteiger partial charge in [0.2, 0.25) is 5.91 Å². The largest absolute Gasteiger partial charge is 0.301 e. The number of halogens is 1. The summed E-state index contributed by atoms with van der Waals surface area (Å²) in [4.78, 5) is 23.1. The van der Waals surface area contributed by atoms with Crippen LogP contribution in [0.3, 0.4) is 0 Å². The highest BCUT2D eigenvalue weighted by atomic mass is 35.5. The molecule has 0 aliphatic heterocycles. The average Bonchev–Trinajstić information content (AvgIpc) is 2.96. The molecule has 0 aliphatic rings. The quantitative estimate of drug-likeness (QED) is 0.715. The molecule has 2 rings (SSSR count). The normalized spacial score (nSPS) is 12.2. The van der Waals surface area contributed by atoms with Gasteiger partial charge in [0.05, 0.1) is 0 Å². The van der Waals surface area contributed by atoms with E-state index in [2.05, 4.69) is 9.97 Å². The minimum absolute atomic E-state index is 0.00459. The van der Waals surface area contributed by atoms with Crippen molar-refractivity contribution in [3.63, 3.8) is 0 Å². The van der Waals surface area contributed by atoms with Crippen LogP contribution in [0, 0.1) is 5.92 Å². The zero-order valence-corrected chi connectivity index (χ0v) is 15.8. The number of carbonyl (C=O) groups is 1. The van der Waals surface area contributed by atoms with Gasteiger partial charge in [0.1, 0.15) is 10.0 Å². The Morgan fingerprint density at radius 2 is 2.26 bits per heavy atom. The molecular formula is C16H20ClN3OS2. The van der Waals surface area contributed by atoms with Crippen molar-refractivity contribution in [3.8, 4) is 10.6 Å². The zero-order chi connectivity index (χ0) is 16.8. The Hall–Kier alpha value is -1.11. The van der Waals surface area contributed by atoms with E-state index in [9.17, 15) is 4.79 Å². The molecule has 124 valence electrons. The molecule has 0 aromatic carbocycles. The molecule has 4 nitrogen and oxygen atoms in total. The van der Waals surface area contributed by atoms with E-state index >= 15 is 0 Å². The van der Waals surface area contributed by atoms with Crippen LogP contribution in [0.1, 0.15) is 20.3 Å². The third kappa shape index (κ3) is 4.25. The Morgan fingerprint density at radius 3 is 2.83 bits per heavy atom. The number of rotatable bonds is 7. The van der Waals surface area contributed by atoms with Crippen molar-refractivity contribution in [2.75, 3.05) is 23.5 Å². The molecule has 0 radical (unpaired) electrons. The summed E-state index contributed by atoms with van der Waals surface area (Å²) in [7, 11) is 0. The molecule has 0 N–H and O–H groups in total. The second-order valence-corrected chi connectivity index (χ2v) is 7.25. The van der Waals surface area contributed by atoms with E-state index in [-0.39, 0.29) is 11.8 Å². The number of hydrogen-bond donors (Lipinski definition) is 0. The second-order valence-electron chi connectivity index (χ2n) is 5.00. The number of thioether (sulfide) groups is 1. The maximum Gasteiger partial charge on any atom is 0.231 e. The first-order valence-corrected chi connectivity index (χ1v) is 10.1. The predicted octanol–water partition coefficient (Wildman–Crippen LogP) is 4.60.